The zero-order chi connectivity index (χ0) is 14.5. The summed E-state index contributed by atoms with van der Waals surface area (Å²) in [4.78, 5) is 8.56. The highest BCUT2D eigenvalue weighted by Gasteiger charge is 2.02. The van der Waals surface area contributed by atoms with Gasteiger partial charge in [-0.3, -0.25) is 0 Å². The second-order valence-corrected chi connectivity index (χ2v) is 4.72. The summed E-state index contributed by atoms with van der Waals surface area (Å²) in [6.07, 6.45) is 0.823. The highest BCUT2D eigenvalue weighted by Crippen LogP contribution is 2.12. The standard InChI is InChI=1S/C15H19FN4/c1-10-8-13(16)5-4-12(10)6-7-18-14-9-11(2)19-15(17-3)20-14/h4-5,8-9H,6-7H2,1-3H3,(H2,17,18,19,20). The molecule has 1 heterocycles. The summed E-state index contributed by atoms with van der Waals surface area (Å²) in [6.45, 7) is 4.59. The third kappa shape index (κ3) is 3.66. The molecule has 5 heteroatoms. The smallest absolute Gasteiger partial charge is 0.224 e. The van der Waals surface area contributed by atoms with E-state index in [4.69, 9.17) is 0 Å². The Kier molecular flexibility index (Phi) is 4.50. The molecule has 0 spiro atoms. The first-order valence-corrected chi connectivity index (χ1v) is 6.61. The van der Waals surface area contributed by atoms with Crippen LogP contribution in [0.3, 0.4) is 0 Å². The Balaban J connectivity index is 1.97. The maximum absolute atomic E-state index is 13.0. The van der Waals surface area contributed by atoms with Crippen LogP contribution in [0.2, 0.25) is 0 Å². The van der Waals surface area contributed by atoms with Crippen molar-refractivity contribution in [2.75, 3.05) is 24.2 Å². The molecule has 20 heavy (non-hydrogen) atoms. The van der Waals surface area contributed by atoms with Gasteiger partial charge in [0, 0.05) is 25.4 Å². The average Bonchev–Trinajstić information content (AvgIpc) is 2.40. The second-order valence-electron chi connectivity index (χ2n) is 4.72. The van der Waals surface area contributed by atoms with Crippen LogP contribution in [-0.4, -0.2) is 23.6 Å². The number of nitrogens with one attached hydrogen (secondary N) is 2. The fraction of sp³-hybridized carbons (Fsp3) is 0.333. The highest BCUT2D eigenvalue weighted by molar-refractivity contribution is 5.42. The van der Waals surface area contributed by atoms with Crippen molar-refractivity contribution in [3.63, 3.8) is 0 Å². The second kappa shape index (κ2) is 6.32. The molecule has 0 bridgehead atoms. The summed E-state index contributed by atoms with van der Waals surface area (Å²) < 4.78 is 13.0. The minimum Gasteiger partial charge on any atom is -0.370 e. The molecule has 2 aromatic rings. The van der Waals surface area contributed by atoms with Gasteiger partial charge in [0.05, 0.1) is 0 Å². The van der Waals surface area contributed by atoms with E-state index in [1.807, 2.05) is 26.0 Å². The molecule has 2 rings (SSSR count). The van der Waals surface area contributed by atoms with Crippen molar-refractivity contribution >= 4 is 11.8 Å². The predicted octanol–water partition coefficient (Wildman–Crippen LogP) is 2.93. The van der Waals surface area contributed by atoms with Gasteiger partial charge in [-0.2, -0.15) is 4.98 Å². The molecule has 0 aliphatic carbocycles. The number of nitrogens with zero attached hydrogens (tertiary/aromatic N) is 2. The first-order chi connectivity index (χ1) is 9.58. The molecule has 106 valence electrons. The fourth-order valence-corrected chi connectivity index (χ4v) is 2.04. The van der Waals surface area contributed by atoms with Crippen molar-refractivity contribution in [3.8, 4) is 0 Å². The molecule has 0 unspecified atom stereocenters. The van der Waals surface area contributed by atoms with Crippen LogP contribution in [-0.2, 0) is 6.42 Å². The van der Waals surface area contributed by atoms with Crippen LogP contribution in [0, 0.1) is 19.7 Å². The van der Waals surface area contributed by atoms with Crippen molar-refractivity contribution in [1.29, 1.82) is 0 Å². The first-order valence-electron chi connectivity index (χ1n) is 6.61. The Hall–Kier alpha value is -2.17. The number of halogens is 1. The lowest BCUT2D eigenvalue weighted by atomic mass is 10.1. The van der Waals surface area contributed by atoms with E-state index in [2.05, 4.69) is 20.6 Å². The molecule has 1 aromatic heterocycles. The number of benzene rings is 1. The molecule has 4 nitrogen and oxygen atoms in total. The van der Waals surface area contributed by atoms with Crippen LogP contribution in [0.25, 0.3) is 0 Å². The lowest BCUT2D eigenvalue weighted by Crippen LogP contribution is -2.09. The number of aryl methyl sites for hydroxylation is 2. The Morgan fingerprint density at radius 2 is 1.95 bits per heavy atom. The summed E-state index contributed by atoms with van der Waals surface area (Å²) >= 11 is 0. The number of anilines is 2. The van der Waals surface area contributed by atoms with Gasteiger partial charge in [-0.25, -0.2) is 9.37 Å². The Morgan fingerprint density at radius 3 is 2.65 bits per heavy atom. The van der Waals surface area contributed by atoms with Crippen LogP contribution in [0.15, 0.2) is 24.3 Å². The van der Waals surface area contributed by atoms with E-state index < -0.39 is 0 Å². The van der Waals surface area contributed by atoms with Crippen LogP contribution >= 0.6 is 0 Å². The van der Waals surface area contributed by atoms with E-state index in [-0.39, 0.29) is 5.82 Å². The van der Waals surface area contributed by atoms with Gasteiger partial charge in [-0.05, 0) is 43.5 Å². The zero-order valence-corrected chi connectivity index (χ0v) is 12.0. The summed E-state index contributed by atoms with van der Waals surface area (Å²) in [5.74, 6) is 1.20. The van der Waals surface area contributed by atoms with Gasteiger partial charge in [-0.15, -0.1) is 0 Å². The monoisotopic (exact) mass is 274 g/mol. The molecule has 0 saturated heterocycles. The van der Waals surface area contributed by atoms with Crippen LogP contribution in [0.5, 0.6) is 0 Å². The zero-order valence-electron chi connectivity index (χ0n) is 12.0. The highest BCUT2D eigenvalue weighted by atomic mass is 19.1. The molecular formula is C15H19FN4. The summed E-state index contributed by atoms with van der Waals surface area (Å²) in [5, 5.41) is 6.19. The maximum atomic E-state index is 13.0. The molecule has 0 radical (unpaired) electrons. The molecule has 1 aromatic carbocycles. The van der Waals surface area contributed by atoms with Crippen LogP contribution in [0.1, 0.15) is 16.8 Å². The number of hydrogen-bond donors (Lipinski definition) is 2. The van der Waals surface area contributed by atoms with Crippen molar-refractivity contribution in [1.82, 2.24) is 9.97 Å². The molecule has 0 aliphatic heterocycles. The normalized spacial score (nSPS) is 10.4. The van der Waals surface area contributed by atoms with Crippen molar-refractivity contribution in [2.24, 2.45) is 0 Å². The molecule has 0 saturated carbocycles. The fourth-order valence-electron chi connectivity index (χ4n) is 2.04. The van der Waals surface area contributed by atoms with Crippen molar-refractivity contribution in [3.05, 3.63) is 46.9 Å². The Bertz CT molecular complexity index is 598. The lowest BCUT2D eigenvalue weighted by molar-refractivity contribution is 0.625. The molecule has 0 aliphatic rings. The average molecular weight is 274 g/mol. The molecular weight excluding hydrogens is 255 g/mol. The van der Waals surface area contributed by atoms with E-state index in [0.29, 0.717) is 5.95 Å². The van der Waals surface area contributed by atoms with Crippen molar-refractivity contribution in [2.45, 2.75) is 20.3 Å². The van der Waals surface area contributed by atoms with Gasteiger partial charge < -0.3 is 10.6 Å². The van der Waals surface area contributed by atoms with E-state index in [9.17, 15) is 4.39 Å². The minimum absolute atomic E-state index is 0.190. The van der Waals surface area contributed by atoms with Crippen molar-refractivity contribution < 1.29 is 4.39 Å². The van der Waals surface area contributed by atoms with Gasteiger partial charge in [0.2, 0.25) is 5.95 Å². The van der Waals surface area contributed by atoms with Gasteiger partial charge in [0.1, 0.15) is 11.6 Å². The number of hydrogen-bond acceptors (Lipinski definition) is 4. The Labute approximate surface area is 118 Å². The summed E-state index contributed by atoms with van der Waals surface area (Å²) in [5.41, 5.74) is 3.02. The van der Waals surface area contributed by atoms with Gasteiger partial charge in [-0.1, -0.05) is 6.07 Å². The van der Waals surface area contributed by atoms with Crippen LogP contribution in [0.4, 0.5) is 16.2 Å². The summed E-state index contributed by atoms with van der Waals surface area (Å²) in [6, 6.07) is 6.79. The molecule has 2 N–H and O–H groups in total. The Morgan fingerprint density at radius 1 is 1.15 bits per heavy atom. The predicted molar refractivity (Wildman–Crippen MR) is 79.6 cm³/mol. The number of rotatable bonds is 5. The minimum atomic E-state index is -0.190. The third-order valence-electron chi connectivity index (χ3n) is 3.08. The van der Waals surface area contributed by atoms with Gasteiger partial charge >= 0.3 is 0 Å². The number of aromatic nitrogens is 2. The molecule has 0 atom stereocenters. The lowest BCUT2D eigenvalue weighted by Gasteiger charge is -2.09. The quantitative estimate of drug-likeness (QED) is 0.880. The van der Waals surface area contributed by atoms with Gasteiger partial charge in [0.25, 0.3) is 0 Å². The van der Waals surface area contributed by atoms with E-state index in [0.717, 1.165) is 35.6 Å². The van der Waals surface area contributed by atoms with E-state index in [1.54, 1.807) is 13.1 Å². The van der Waals surface area contributed by atoms with Crippen LogP contribution < -0.4 is 10.6 Å². The first kappa shape index (κ1) is 14.2. The van der Waals surface area contributed by atoms with E-state index >= 15 is 0 Å². The SMILES string of the molecule is CNc1nc(C)cc(NCCc2ccc(F)cc2C)n1. The van der Waals surface area contributed by atoms with E-state index in [1.165, 1.54) is 6.07 Å². The topological polar surface area (TPSA) is 49.8 Å². The maximum Gasteiger partial charge on any atom is 0.224 e. The summed E-state index contributed by atoms with van der Waals surface area (Å²) in [7, 11) is 1.79. The molecule has 0 fully saturated rings. The molecule has 0 amide bonds. The largest absolute Gasteiger partial charge is 0.370 e. The third-order valence-corrected chi connectivity index (χ3v) is 3.08. The van der Waals surface area contributed by atoms with Gasteiger partial charge in [0.15, 0.2) is 0 Å².